The molecule has 1 rings (SSSR count). The van der Waals surface area contributed by atoms with Gasteiger partial charge >= 0.3 is 0 Å². The van der Waals surface area contributed by atoms with Gasteiger partial charge in [-0.1, -0.05) is 17.7 Å². The smallest absolute Gasteiger partial charge is 0.265 e. The fraction of sp³-hybridized carbons (Fsp3) is 0.250. The van der Waals surface area contributed by atoms with Crippen LogP contribution in [0.4, 0.5) is 0 Å². The molecule has 0 fully saturated rings. The number of ether oxygens (including phenoxy) is 1. The van der Waals surface area contributed by atoms with E-state index in [-0.39, 0.29) is 5.70 Å². The minimum atomic E-state index is 0.123. The van der Waals surface area contributed by atoms with Gasteiger partial charge in [-0.25, -0.2) is 10.1 Å². The Morgan fingerprint density at radius 1 is 1.32 bits per heavy atom. The van der Waals surface area contributed by atoms with Crippen LogP contribution in [0.25, 0.3) is 10.4 Å². The van der Waals surface area contributed by atoms with Crippen molar-refractivity contribution in [2.75, 3.05) is 6.61 Å². The van der Waals surface area contributed by atoms with Crippen molar-refractivity contribution in [1.29, 1.82) is 5.26 Å². The van der Waals surface area contributed by atoms with Gasteiger partial charge in [0.1, 0.15) is 12.4 Å². The number of benzene rings is 1. The van der Waals surface area contributed by atoms with Gasteiger partial charge in [-0.3, -0.25) is 0 Å². The molecule has 0 saturated carbocycles. The van der Waals surface area contributed by atoms with Crippen LogP contribution in [0.15, 0.2) is 41.6 Å². The lowest BCUT2D eigenvalue weighted by Crippen LogP contribution is -1.94. The molecule has 0 aliphatic carbocycles. The number of hydrogen-bond acceptors (Lipinski definition) is 2. The average molecular weight is 252 g/mol. The van der Waals surface area contributed by atoms with Crippen LogP contribution in [-0.2, 0) is 0 Å². The summed E-state index contributed by atoms with van der Waals surface area (Å²) >= 11 is 0. The van der Waals surface area contributed by atoms with Gasteiger partial charge < -0.3 is 4.74 Å². The first kappa shape index (κ1) is 14.5. The van der Waals surface area contributed by atoms with Crippen molar-refractivity contribution in [2.24, 2.45) is 0 Å². The molecule has 0 spiro atoms. The van der Waals surface area contributed by atoms with Crippen molar-refractivity contribution < 1.29 is 4.74 Å². The number of rotatable bonds is 4. The largest absolute Gasteiger partial charge is 0.490 e. The molecular weight excluding hydrogens is 236 g/mol. The highest BCUT2D eigenvalue weighted by Gasteiger charge is 2.04. The molecule has 0 aliphatic heterocycles. The van der Waals surface area contributed by atoms with E-state index in [1.807, 2.05) is 50.3 Å². The summed E-state index contributed by atoms with van der Waals surface area (Å²) in [4.78, 5) is 3.20. The zero-order valence-corrected chi connectivity index (χ0v) is 11.4. The van der Waals surface area contributed by atoms with E-state index in [9.17, 15) is 0 Å². The van der Waals surface area contributed by atoms with E-state index in [1.165, 1.54) is 5.57 Å². The number of hydrogen-bond donors (Lipinski definition) is 0. The molecule has 0 unspecified atom stereocenters. The summed E-state index contributed by atoms with van der Waals surface area (Å²) < 4.78 is 5.55. The highest BCUT2D eigenvalue weighted by atomic mass is 16.5. The van der Waals surface area contributed by atoms with Crippen molar-refractivity contribution in [1.82, 2.24) is 0 Å². The summed E-state index contributed by atoms with van der Waals surface area (Å²) in [5.74, 6) is 0.773. The van der Waals surface area contributed by atoms with Gasteiger partial charge in [0.25, 0.3) is 5.70 Å². The Morgan fingerprint density at radius 2 is 1.95 bits per heavy atom. The summed E-state index contributed by atoms with van der Waals surface area (Å²) in [6.45, 7) is 13.3. The van der Waals surface area contributed by atoms with Crippen LogP contribution in [-0.4, -0.2) is 6.61 Å². The molecule has 0 atom stereocenters. The molecule has 0 N–H and O–H groups in total. The van der Waals surface area contributed by atoms with E-state index in [4.69, 9.17) is 16.6 Å². The van der Waals surface area contributed by atoms with Crippen molar-refractivity contribution in [3.63, 3.8) is 0 Å². The molecule has 0 heterocycles. The van der Waals surface area contributed by atoms with E-state index >= 15 is 0 Å². The summed E-state index contributed by atoms with van der Waals surface area (Å²) in [5, 5.41) is 8.83. The second-order valence-electron chi connectivity index (χ2n) is 4.31. The Bertz CT molecular complexity index is 561. The molecule has 96 valence electrons. The van der Waals surface area contributed by atoms with Crippen molar-refractivity contribution >= 4 is 5.57 Å². The zero-order chi connectivity index (χ0) is 14.3. The second-order valence-corrected chi connectivity index (χ2v) is 4.31. The second kappa shape index (κ2) is 7.03. The third-order valence-electron chi connectivity index (χ3n) is 2.60. The molecule has 1 aromatic rings. The number of allylic oxidation sites excluding steroid dienone is 3. The van der Waals surface area contributed by atoms with Crippen molar-refractivity contribution in [2.45, 2.75) is 20.8 Å². The average Bonchev–Trinajstić information content (AvgIpc) is 2.40. The first-order valence-electron chi connectivity index (χ1n) is 5.93. The van der Waals surface area contributed by atoms with Crippen LogP contribution in [0.1, 0.15) is 26.3 Å². The molecule has 0 amide bonds. The van der Waals surface area contributed by atoms with Gasteiger partial charge in [-0.15, -0.1) is 0 Å². The van der Waals surface area contributed by atoms with E-state index in [1.54, 1.807) is 6.92 Å². The highest BCUT2D eigenvalue weighted by molar-refractivity contribution is 5.71. The minimum absolute atomic E-state index is 0.123. The van der Waals surface area contributed by atoms with Crippen LogP contribution in [0, 0.1) is 17.9 Å². The van der Waals surface area contributed by atoms with Crippen molar-refractivity contribution in [3.8, 4) is 11.8 Å². The first-order valence-corrected chi connectivity index (χ1v) is 5.93. The lowest BCUT2D eigenvalue weighted by Gasteiger charge is -2.06. The van der Waals surface area contributed by atoms with Gasteiger partial charge in [0, 0.05) is 0 Å². The fourth-order valence-corrected chi connectivity index (χ4v) is 1.44. The van der Waals surface area contributed by atoms with Crippen LogP contribution >= 0.6 is 0 Å². The molecule has 19 heavy (non-hydrogen) atoms. The van der Waals surface area contributed by atoms with Gasteiger partial charge in [0.05, 0.1) is 12.6 Å². The summed E-state index contributed by atoms with van der Waals surface area (Å²) in [6, 6.07) is 9.30. The Morgan fingerprint density at radius 3 is 2.42 bits per heavy atom. The Kier molecular flexibility index (Phi) is 5.38. The standard InChI is InChI=1S/C16H16N2O/c1-12(2)9-10-19-15-7-5-14(6-8-15)13(3)16(11-17)18-4/h5-9H,10H2,1-3H3/b16-13-. The summed E-state index contributed by atoms with van der Waals surface area (Å²) in [6.07, 6.45) is 2.01. The molecule has 0 aromatic heterocycles. The van der Waals surface area contributed by atoms with Gasteiger partial charge in [-0.2, -0.15) is 0 Å². The molecule has 3 heteroatoms. The molecule has 1 aromatic carbocycles. The highest BCUT2D eigenvalue weighted by Crippen LogP contribution is 2.21. The van der Waals surface area contributed by atoms with Crippen LogP contribution in [0.3, 0.4) is 0 Å². The quantitative estimate of drug-likeness (QED) is 0.457. The molecule has 3 nitrogen and oxygen atoms in total. The van der Waals surface area contributed by atoms with Gasteiger partial charge in [0.2, 0.25) is 0 Å². The molecule has 0 saturated heterocycles. The van der Waals surface area contributed by atoms with E-state index < -0.39 is 0 Å². The van der Waals surface area contributed by atoms with Gasteiger partial charge in [-0.05, 0) is 50.1 Å². The predicted molar refractivity (Wildman–Crippen MR) is 76.2 cm³/mol. The van der Waals surface area contributed by atoms with E-state index in [2.05, 4.69) is 4.85 Å². The fourth-order valence-electron chi connectivity index (χ4n) is 1.44. The van der Waals surface area contributed by atoms with Gasteiger partial charge in [0.15, 0.2) is 0 Å². The minimum Gasteiger partial charge on any atom is -0.490 e. The third-order valence-corrected chi connectivity index (χ3v) is 2.60. The zero-order valence-electron chi connectivity index (χ0n) is 11.4. The maximum Gasteiger partial charge on any atom is 0.265 e. The molecule has 0 aliphatic rings. The Balaban J connectivity index is 2.84. The lowest BCUT2D eigenvalue weighted by molar-refractivity contribution is 0.362. The summed E-state index contributed by atoms with van der Waals surface area (Å²) in [5.41, 5.74) is 2.89. The normalized spacial score (nSPS) is 10.8. The van der Waals surface area contributed by atoms with Crippen LogP contribution in [0.2, 0.25) is 0 Å². The maximum atomic E-state index is 8.83. The first-order chi connectivity index (χ1) is 9.08. The monoisotopic (exact) mass is 252 g/mol. The molecule has 0 bridgehead atoms. The molecule has 0 radical (unpaired) electrons. The number of nitriles is 1. The third kappa shape index (κ3) is 4.33. The van der Waals surface area contributed by atoms with Crippen LogP contribution in [0.5, 0.6) is 5.75 Å². The maximum absolute atomic E-state index is 8.83. The molecular formula is C16H16N2O. The van der Waals surface area contributed by atoms with Crippen LogP contribution < -0.4 is 4.74 Å². The lowest BCUT2D eigenvalue weighted by atomic mass is 10.1. The van der Waals surface area contributed by atoms with E-state index in [0.717, 1.165) is 11.3 Å². The SMILES string of the molecule is [C-]#[N+]/C(C#N)=C(/C)c1ccc(OCC=C(C)C)cc1. The Hall–Kier alpha value is -2.52. The predicted octanol–water partition coefficient (Wildman–Crippen LogP) is 4.21. The number of nitrogens with zero attached hydrogens (tertiary/aromatic N) is 2. The van der Waals surface area contributed by atoms with Crippen molar-refractivity contribution in [3.05, 3.63) is 58.6 Å². The van der Waals surface area contributed by atoms with E-state index in [0.29, 0.717) is 12.2 Å². The topological polar surface area (TPSA) is 37.4 Å². The Labute approximate surface area is 114 Å². The summed E-state index contributed by atoms with van der Waals surface area (Å²) in [7, 11) is 0.